The Morgan fingerprint density at radius 1 is 0.358 bits per heavy atom. The number of ether oxygens (including phenoxy) is 9. The van der Waals surface area contributed by atoms with Gasteiger partial charge in [-0.05, 0) is 83.5 Å². The van der Waals surface area contributed by atoms with Crippen molar-refractivity contribution < 1.29 is 146 Å². The summed E-state index contributed by atoms with van der Waals surface area (Å²) in [6.07, 6.45) is -3.92. The number of hydrogen-bond acceptors (Lipinski definition) is 30. The fraction of sp³-hybridized carbons (Fsp3) is 0.861. The van der Waals surface area contributed by atoms with Gasteiger partial charge < -0.3 is 152 Å². The molecule has 11 amide bonds. The summed E-state index contributed by atoms with van der Waals surface area (Å²) < 4.78 is 52.2. The van der Waals surface area contributed by atoms with Crippen molar-refractivity contribution in [2.45, 2.75) is 311 Å². The maximum atomic E-state index is 14.0. The number of β-amino-alcohol motifs (C(OH)–C–C–N with tert-alkyl or cyclic N) is 1. The number of carbonyl (C=O) groups is 11. The highest BCUT2D eigenvalue weighted by atomic mass is 16.7. The number of aliphatic hydroxyl groups is 10. The minimum atomic E-state index is -1.46. The number of hydrogen-bond donors (Lipinski definition) is 20. The van der Waals surface area contributed by atoms with Crippen LogP contribution in [0.25, 0.3) is 0 Å². The maximum absolute atomic E-state index is 14.0. The smallest absolute Gasteiger partial charge is 0.222 e. The molecule has 0 aliphatic carbocycles. The van der Waals surface area contributed by atoms with Crippen LogP contribution in [0.1, 0.15) is 201 Å². The molecule has 17 atom stereocenters. The van der Waals surface area contributed by atoms with Crippen LogP contribution in [0.2, 0.25) is 0 Å². The van der Waals surface area contributed by atoms with E-state index >= 15 is 0 Å². The second kappa shape index (κ2) is 60.9. The number of nitrogens with zero attached hydrogens (tertiary/aromatic N) is 1. The van der Waals surface area contributed by atoms with Gasteiger partial charge in [0, 0.05) is 144 Å². The molecule has 0 aromatic carbocycles. The number of aliphatic hydroxyl groups excluding tert-OH is 10. The van der Waals surface area contributed by atoms with Crippen molar-refractivity contribution >= 4 is 65.0 Å². The minimum Gasteiger partial charge on any atom is -0.394 e. The number of carbonyl (C=O) groups excluding carboxylic acids is 11. The van der Waals surface area contributed by atoms with Crippen LogP contribution in [0.4, 0.5) is 0 Å². The molecule has 20 N–H and O–H groups in total. The predicted octanol–water partition coefficient (Wildman–Crippen LogP) is -4.41. The van der Waals surface area contributed by atoms with E-state index < -0.39 is 141 Å². The van der Waals surface area contributed by atoms with Crippen LogP contribution in [0, 0.1) is 0 Å². The summed E-state index contributed by atoms with van der Waals surface area (Å²) in [7, 11) is 0. The highest BCUT2D eigenvalue weighted by Crippen LogP contribution is 2.27. The molecule has 692 valence electrons. The molecule has 41 heteroatoms. The zero-order valence-corrected chi connectivity index (χ0v) is 70.4. The van der Waals surface area contributed by atoms with E-state index in [0.717, 1.165) is 51.4 Å². The summed E-state index contributed by atoms with van der Waals surface area (Å²) in [4.78, 5) is 141. The van der Waals surface area contributed by atoms with Gasteiger partial charge >= 0.3 is 0 Å². The van der Waals surface area contributed by atoms with Crippen LogP contribution >= 0.6 is 0 Å². The molecule has 4 heterocycles. The van der Waals surface area contributed by atoms with Gasteiger partial charge in [0.15, 0.2) is 18.9 Å². The Morgan fingerprint density at radius 3 is 0.942 bits per heavy atom. The normalized spacial score (nSPS) is 25.2. The van der Waals surface area contributed by atoms with Crippen LogP contribution in [0.15, 0.2) is 0 Å². The van der Waals surface area contributed by atoms with Crippen LogP contribution in [0.5, 0.6) is 0 Å². The van der Waals surface area contributed by atoms with Gasteiger partial charge in [0.1, 0.15) is 78.6 Å². The Hall–Kier alpha value is -6.59. The second-order valence-corrected chi connectivity index (χ2v) is 31.0. The van der Waals surface area contributed by atoms with Crippen LogP contribution in [0.3, 0.4) is 0 Å². The largest absolute Gasteiger partial charge is 0.394 e. The van der Waals surface area contributed by atoms with E-state index in [1.54, 1.807) is 0 Å². The molecule has 4 aliphatic heterocycles. The van der Waals surface area contributed by atoms with E-state index in [1.807, 2.05) is 11.8 Å². The van der Waals surface area contributed by atoms with Gasteiger partial charge in [0.2, 0.25) is 65.0 Å². The number of likely N-dealkylation sites (tertiary alicyclic amines) is 1. The summed E-state index contributed by atoms with van der Waals surface area (Å²) in [5.74, 6) is -3.64. The fourth-order valence-corrected chi connectivity index (χ4v) is 14.0. The number of rotatable bonds is 64. The molecule has 41 nitrogen and oxygen atoms in total. The third-order valence-electron chi connectivity index (χ3n) is 20.7. The number of amides is 11. The molecular formula is C79H141N11O30. The highest BCUT2D eigenvalue weighted by Gasteiger charge is 2.48. The minimum absolute atomic E-state index is 0.0757. The Labute approximate surface area is 702 Å². The molecule has 4 rings (SSSR count). The molecule has 4 fully saturated rings. The van der Waals surface area contributed by atoms with Crippen molar-refractivity contribution in [1.82, 2.24) is 58.1 Å². The first-order valence-electron chi connectivity index (χ1n) is 42.7. The maximum Gasteiger partial charge on any atom is 0.222 e. The Balaban J connectivity index is 1.30. The summed E-state index contributed by atoms with van der Waals surface area (Å²) in [5, 5.41) is 129. The summed E-state index contributed by atoms with van der Waals surface area (Å²) in [6, 6.07) is -3.21. The molecule has 15 unspecified atom stereocenters. The molecule has 120 heavy (non-hydrogen) atoms. The standard InChI is InChI=1S/C79H141N11O30/c1-5-54-43-55(97)44-90(54)66(105)27-13-11-9-7-6-8-10-12-26-65(104)89-79(48-112-40-28-62(101)83-34-20-31-80-59(98)23-14-17-37-115-76-67(86-51(2)94)73(109)70(106)56(45-91)118-76,49-113-41-29-63(102)84-35-21-32-81-60(99)24-15-18-38-116-77-68(87-52(3)95)74(110)71(107)57(46-92)119-77)50-114-42-30-64(103)85-36-22-33-82-61(100)25-16-19-39-117-78-69(88-53(4)96)75(111)72(108)58(47-93)120-78/h54-58,67-78,91-93,97,106-111H,5-50H2,1-4H3,(H,80,98)(H,81,99)(H,82,100)(H,83,101)(H,84,102)(H,85,103)(H,86,94)(H,87,95)(H,88,96)(H,89,104)/t54-,55-,56?,57?,58?,67?,68?,69?,70?,71?,72?,73?,74?,75?,76?,77?,78?,79?/m1/s1. The van der Waals surface area contributed by atoms with Crippen LogP contribution in [-0.2, 0) is 95.4 Å². The van der Waals surface area contributed by atoms with E-state index in [0.29, 0.717) is 83.6 Å². The average Bonchev–Trinajstić information content (AvgIpc) is 0.906. The zero-order valence-electron chi connectivity index (χ0n) is 70.4. The van der Waals surface area contributed by atoms with Crippen molar-refractivity contribution in [3.05, 3.63) is 0 Å². The fourth-order valence-electron chi connectivity index (χ4n) is 14.0. The van der Waals surface area contributed by atoms with Gasteiger partial charge in [-0.25, -0.2) is 0 Å². The molecular weight excluding hydrogens is 1580 g/mol. The Kier molecular flexibility index (Phi) is 53.6. The molecule has 0 radical (unpaired) electrons. The van der Waals surface area contributed by atoms with Gasteiger partial charge in [-0.3, -0.25) is 52.7 Å². The van der Waals surface area contributed by atoms with Gasteiger partial charge in [0.25, 0.3) is 0 Å². The molecule has 0 saturated carbocycles. The average molecular weight is 1730 g/mol. The van der Waals surface area contributed by atoms with Crippen LogP contribution in [-0.4, -0.2) is 356 Å². The molecule has 0 aromatic rings. The second-order valence-electron chi connectivity index (χ2n) is 31.0. The predicted molar refractivity (Wildman–Crippen MR) is 427 cm³/mol. The molecule has 4 saturated heterocycles. The van der Waals surface area contributed by atoms with Gasteiger partial charge in [-0.1, -0.05) is 45.4 Å². The molecule has 0 bridgehead atoms. The lowest BCUT2D eigenvalue weighted by Crippen LogP contribution is -2.64. The lowest BCUT2D eigenvalue weighted by atomic mass is 9.97. The molecule has 0 aromatic heterocycles. The van der Waals surface area contributed by atoms with Crippen LogP contribution < -0.4 is 53.2 Å². The molecule has 4 aliphatic rings. The summed E-state index contributed by atoms with van der Waals surface area (Å²) in [5.41, 5.74) is -1.43. The van der Waals surface area contributed by atoms with E-state index in [9.17, 15) is 104 Å². The first-order chi connectivity index (χ1) is 57.5. The quantitative estimate of drug-likeness (QED) is 0.0256. The van der Waals surface area contributed by atoms with Crippen molar-refractivity contribution in [2.24, 2.45) is 0 Å². The third kappa shape index (κ3) is 42.2. The zero-order chi connectivity index (χ0) is 88.2. The first kappa shape index (κ1) is 106. The van der Waals surface area contributed by atoms with Crippen molar-refractivity contribution in [2.75, 3.05) is 125 Å². The number of nitrogens with one attached hydrogen (secondary N) is 10. The summed E-state index contributed by atoms with van der Waals surface area (Å²) >= 11 is 0. The Bertz CT molecular complexity index is 2750. The first-order valence-corrected chi connectivity index (χ1v) is 42.7. The van der Waals surface area contributed by atoms with Crippen molar-refractivity contribution in [3.63, 3.8) is 0 Å². The van der Waals surface area contributed by atoms with E-state index in [2.05, 4.69) is 53.2 Å². The van der Waals surface area contributed by atoms with E-state index in [1.165, 1.54) is 20.8 Å². The van der Waals surface area contributed by atoms with E-state index in [-0.39, 0.29) is 197 Å². The highest BCUT2D eigenvalue weighted by molar-refractivity contribution is 5.79. The third-order valence-corrected chi connectivity index (χ3v) is 20.7. The Morgan fingerprint density at radius 2 is 0.642 bits per heavy atom. The summed E-state index contributed by atoms with van der Waals surface area (Å²) in [6.45, 7) is 4.76. The SMILES string of the molecule is CC[C@@H]1C[C@@H](O)CN1C(=O)CCCCCCCCCCC(=O)NC(COCCC(=O)NCCCNC(=O)CCCCOC1OC(CO)C(O)C(O)C1NC(C)=O)(COCCC(=O)NCCCNC(=O)CCCCOC1OC(CO)C(O)C(O)C1NC(C)=O)COCCC(=O)NCCCNC(=O)CCCCOC1OC(CO)C(O)C(O)C1NC(C)=O. The monoisotopic (exact) mass is 1720 g/mol. The van der Waals surface area contributed by atoms with Crippen molar-refractivity contribution in [1.29, 1.82) is 0 Å². The lowest BCUT2D eigenvalue weighted by molar-refractivity contribution is -0.270. The van der Waals surface area contributed by atoms with Gasteiger partial charge in [-0.15, -0.1) is 0 Å². The topological polar surface area (TPSA) is 597 Å². The molecule has 0 spiro atoms. The number of unbranched alkanes of at least 4 members (excludes halogenated alkanes) is 10. The van der Waals surface area contributed by atoms with E-state index in [4.69, 9.17) is 42.6 Å². The van der Waals surface area contributed by atoms with Crippen molar-refractivity contribution in [3.8, 4) is 0 Å². The van der Waals surface area contributed by atoms with Gasteiger partial charge in [0.05, 0.1) is 65.6 Å². The van der Waals surface area contributed by atoms with Gasteiger partial charge in [-0.2, -0.15) is 0 Å². The lowest BCUT2D eigenvalue weighted by Gasteiger charge is -2.42.